The lowest BCUT2D eigenvalue weighted by Crippen LogP contribution is -2.50. The quantitative estimate of drug-likeness (QED) is 0.804. The molecule has 0 radical (unpaired) electrons. The van der Waals surface area contributed by atoms with Crippen LogP contribution in [0, 0.1) is 5.92 Å². The molecule has 2 atom stereocenters. The van der Waals surface area contributed by atoms with Gasteiger partial charge in [-0.1, -0.05) is 19.8 Å². The number of pyridine rings is 1. The van der Waals surface area contributed by atoms with E-state index >= 15 is 0 Å². The molecule has 5 heteroatoms. The summed E-state index contributed by atoms with van der Waals surface area (Å²) in [5.41, 5.74) is 0.672. The predicted octanol–water partition coefficient (Wildman–Crippen LogP) is 2.96. The lowest BCUT2D eigenvalue weighted by molar-refractivity contribution is -0.0874. The number of carbonyl (C=O) groups is 1. The van der Waals surface area contributed by atoms with Gasteiger partial charge in [-0.25, -0.2) is 4.98 Å². The number of rotatable bonds is 6. The molecule has 132 valence electrons. The maximum atomic E-state index is 12.9. The predicted molar refractivity (Wildman–Crippen MR) is 95.4 cm³/mol. The normalized spacial score (nSPS) is 24.0. The zero-order valence-corrected chi connectivity index (χ0v) is 15.1. The van der Waals surface area contributed by atoms with Gasteiger partial charge in [-0.15, -0.1) is 0 Å². The zero-order chi connectivity index (χ0) is 17.1. The Morgan fingerprint density at radius 3 is 2.71 bits per heavy atom. The van der Waals surface area contributed by atoms with Crippen LogP contribution in [0.1, 0.15) is 49.4 Å². The zero-order valence-electron chi connectivity index (χ0n) is 15.1. The summed E-state index contributed by atoms with van der Waals surface area (Å²) in [7, 11) is 3.90. The summed E-state index contributed by atoms with van der Waals surface area (Å²) >= 11 is 0. The maximum Gasteiger partial charge on any atom is 0.255 e. The van der Waals surface area contributed by atoms with Crippen molar-refractivity contribution in [3.63, 3.8) is 0 Å². The number of morpholine rings is 1. The summed E-state index contributed by atoms with van der Waals surface area (Å²) in [5.74, 6) is 1.60. The van der Waals surface area contributed by atoms with E-state index in [1.807, 2.05) is 36.0 Å². The third-order valence-electron chi connectivity index (χ3n) is 4.96. The second-order valence-electron chi connectivity index (χ2n) is 7.29. The van der Waals surface area contributed by atoms with Crippen molar-refractivity contribution >= 4 is 11.7 Å². The van der Waals surface area contributed by atoms with E-state index in [1.165, 1.54) is 12.8 Å². The summed E-state index contributed by atoms with van der Waals surface area (Å²) in [5, 5.41) is 0. The molecule has 1 aliphatic heterocycles. The van der Waals surface area contributed by atoms with E-state index in [2.05, 4.69) is 11.9 Å². The summed E-state index contributed by atoms with van der Waals surface area (Å²) in [6.45, 7) is 3.63. The number of ether oxygens (including phenoxy) is 1. The second kappa shape index (κ2) is 7.51. The topological polar surface area (TPSA) is 45.7 Å². The largest absolute Gasteiger partial charge is 0.371 e. The fourth-order valence-electron chi connectivity index (χ4n) is 3.32. The molecular formula is C19H29N3O2. The SMILES string of the molecule is CCCC[C@@H]1CN(C(=O)c2ccc(N(C)C)nc2)C[C@H](C2CC2)O1. The molecule has 1 saturated heterocycles. The van der Waals surface area contributed by atoms with E-state index in [-0.39, 0.29) is 18.1 Å². The van der Waals surface area contributed by atoms with Gasteiger partial charge in [0.1, 0.15) is 5.82 Å². The second-order valence-corrected chi connectivity index (χ2v) is 7.29. The third kappa shape index (κ3) is 4.07. The van der Waals surface area contributed by atoms with Crippen LogP contribution in [0.25, 0.3) is 0 Å². The van der Waals surface area contributed by atoms with Gasteiger partial charge in [0.25, 0.3) is 5.91 Å². The standard InChI is InChI=1S/C19H29N3O2/c1-4-5-6-16-12-22(13-17(24-16)14-7-8-14)19(23)15-9-10-18(20-11-15)21(2)3/h9-11,14,16-17H,4-8,12-13H2,1-3H3/t16-,17-/m1/s1. The Labute approximate surface area is 145 Å². The third-order valence-corrected chi connectivity index (χ3v) is 4.96. The van der Waals surface area contributed by atoms with Crippen molar-refractivity contribution in [1.29, 1.82) is 0 Å². The molecule has 1 saturated carbocycles. The van der Waals surface area contributed by atoms with Gasteiger partial charge in [-0.05, 0) is 37.3 Å². The van der Waals surface area contributed by atoms with E-state index in [0.717, 1.165) is 31.6 Å². The van der Waals surface area contributed by atoms with E-state index < -0.39 is 0 Å². The summed E-state index contributed by atoms with van der Waals surface area (Å²) in [6.07, 6.45) is 7.95. The first-order valence-corrected chi connectivity index (χ1v) is 9.16. The highest BCUT2D eigenvalue weighted by Gasteiger charge is 2.39. The van der Waals surface area contributed by atoms with Crippen LogP contribution in [0.2, 0.25) is 0 Å². The molecule has 0 spiro atoms. The summed E-state index contributed by atoms with van der Waals surface area (Å²) in [6, 6.07) is 3.79. The van der Waals surface area contributed by atoms with Crippen molar-refractivity contribution in [2.75, 3.05) is 32.1 Å². The average molecular weight is 331 g/mol. The van der Waals surface area contributed by atoms with Crippen molar-refractivity contribution < 1.29 is 9.53 Å². The van der Waals surface area contributed by atoms with Crippen LogP contribution in [0.5, 0.6) is 0 Å². The van der Waals surface area contributed by atoms with E-state index in [9.17, 15) is 4.79 Å². The molecule has 0 N–H and O–H groups in total. The van der Waals surface area contributed by atoms with Crippen LogP contribution in [0.15, 0.2) is 18.3 Å². The number of aromatic nitrogens is 1. The Kier molecular flexibility index (Phi) is 5.39. The molecule has 2 fully saturated rings. The first-order valence-electron chi connectivity index (χ1n) is 9.16. The molecule has 2 heterocycles. The van der Waals surface area contributed by atoms with Crippen molar-refractivity contribution in [3.8, 4) is 0 Å². The minimum absolute atomic E-state index is 0.0863. The fraction of sp³-hybridized carbons (Fsp3) is 0.684. The van der Waals surface area contributed by atoms with E-state index in [4.69, 9.17) is 4.74 Å². The molecule has 1 aliphatic carbocycles. The van der Waals surface area contributed by atoms with Gasteiger partial charge in [-0.3, -0.25) is 4.79 Å². The Hall–Kier alpha value is -1.62. The molecule has 0 unspecified atom stereocenters. The Balaban J connectivity index is 1.69. The van der Waals surface area contributed by atoms with Gasteiger partial charge >= 0.3 is 0 Å². The molecule has 5 nitrogen and oxygen atoms in total. The molecule has 2 aliphatic rings. The number of amides is 1. The number of unbranched alkanes of at least 4 members (excludes halogenated alkanes) is 1. The van der Waals surface area contributed by atoms with Gasteiger partial charge in [0, 0.05) is 33.4 Å². The Morgan fingerprint density at radius 2 is 2.12 bits per heavy atom. The minimum Gasteiger partial charge on any atom is -0.371 e. The van der Waals surface area contributed by atoms with Gasteiger partial charge in [0.15, 0.2) is 0 Å². The van der Waals surface area contributed by atoms with E-state index in [0.29, 0.717) is 18.0 Å². The monoisotopic (exact) mass is 331 g/mol. The van der Waals surface area contributed by atoms with Crippen LogP contribution >= 0.6 is 0 Å². The number of nitrogens with zero attached hydrogens (tertiary/aromatic N) is 3. The van der Waals surface area contributed by atoms with Crippen LogP contribution in [0.4, 0.5) is 5.82 Å². The number of hydrogen-bond acceptors (Lipinski definition) is 4. The Bertz CT molecular complexity index is 554. The van der Waals surface area contributed by atoms with E-state index in [1.54, 1.807) is 6.20 Å². The lowest BCUT2D eigenvalue weighted by Gasteiger charge is -2.38. The molecule has 1 amide bonds. The van der Waals surface area contributed by atoms with Gasteiger partial charge in [0.05, 0.1) is 17.8 Å². The van der Waals surface area contributed by atoms with Crippen LogP contribution < -0.4 is 4.90 Å². The molecular weight excluding hydrogens is 302 g/mol. The smallest absolute Gasteiger partial charge is 0.255 e. The highest BCUT2D eigenvalue weighted by Crippen LogP contribution is 2.37. The molecule has 3 rings (SSSR count). The molecule has 1 aromatic rings. The highest BCUT2D eigenvalue weighted by atomic mass is 16.5. The summed E-state index contributed by atoms with van der Waals surface area (Å²) < 4.78 is 6.26. The van der Waals surface area contributed by atoms with Crippen LogP contribution in [-0.4, -0.2) is 55.2 Å². The minimum atomic E-state index is 0.0863. The maximum absolute atomic E-state index is 12.9. The van der Waals surface area contributed by atoms with Gasteiger partial charge in [-0.2, -0.15) is 0 Å². The molecule has 0 aromatic carbocycles. The van der Waals surface area contributed by atoms with Crippen molar-refractivity contribution in [1.82, 2.24) is 9.88 Å². The molecule has 1 aromatic heterocycles. The molecule has 0 bridgehead atoms. The first-order chi connectivity index (χ1) is 11.6. The number of hydrogen-bond donors (Lipinski definition) is 0. The first kappa shape index (κ1) is 17.2. The van der Waals surface area contributed by atoms with Crippen LogP contribution in [-0.2, 0) is 4.74 Å². The van der Waals surface area contributed by atoms with Gasteiger partial charge in [0.2, 0.25) is 0 Å². The van der Waals surface area contributed by atoms with Crippen molar-refractivity contribution in [2.24, 2.45) is 5.92 Å². The lowest BCUT2D eigenvalue weighted by atomic mass is 10.1. The van der Waals surface area contributed by atoms with Gasteiger partial charge < -0.3 is 14.5 Å². The molecule has 24 heavy (non-hydrogen) atoms. The number of carbonyl (C=O) groups excluding carboxylic acids is 1. The summed E-state index contributed by atoms with van der Waals surface area (Å²) in [4.78, 5) is 21.2. The van der Waals surface area contributed by atoms with Crippen LogP contribution in [0.3, 0.4) is 0 Å². The fourth-order valence-corrected chi connectivity index (χ4v) is 3.32. The van der Waals surface area contributed by atoms with Crippen molar-refractivity contribution in [3.05, 3.63) is 23.9 Å². The highest BCUT2D eigenvalue weighted by molar-refractivity contribution is 5.94. The van der Waals surface area contributed by atoms with Crippen molar-refractivity contribution in [2.45, 2.75) is 51.2 Å². The average Bonchev–Trinajstić information content (AvgIpc) is 3.44. The Morgan fingerprint density at radius 1 is 1.33 bits per heavy atom. The number of anilines is 1.